The van der Waals surface area contributed by atoms with E-state index < -0.39 is 18.5 Å². The zero-order chi connectivity index (χ0) is 21.7. The maximum Gasteiger partial charge on any atom is 0.331 e. The van der Waals surface area contributed by atoms with Crippen LogP contribution >= 0.6 is 0 Å². The normalized spacial score (nSPS) is 12.7. The van der Waals surface area contributed by atoms with Gasteiger partial charge in [0.15, 0.2) is 18.1 Å². The van der Waals surface area contributed by atoms with E-state index in [1.54, 1.807) is 30.3 Å². The number of fused-ring (bicyclic) bond motifs is 1. The molecule has 3 rings (SSSR count). The van der Waals surface area contributed by atoms with Crippen LogP contribution in [0.25, 0.3) is 6.08 Å². The minimum Gasteiger partial charge on any atom is -0.495 e. The first kappa shape index (κ1) is 21.2. The number of rotatable bonds is 6. The molecular formula is C23H25NO6. The number of amides is 1. The fraction of sp³-hybridized carbons (Fsp3) is 0.304. The van der Waals surface area contributed by atoms with E-state index in [1.165, 1.54) is 13.2 Å². The molecule has 0 fully saturated rings. The highest BCUT2D eigenvalue weighted by Crippen LogP contribution is 2.33. The first-order valence-corrected chi connectivity index (χ1v) is 9.49. The number of esters is 1. The minimum absolute atomic E-state index is 0.0856. The van der Waals surface area contributed by atoms with Gasteiger partial charge in [-0.1, -0.05) is 32.9 Å². The Morgan fingerprint density at radius 3 is 2.60 bits per heavy atom. The molecule has 0 atom stereocenters. The van der Waals surface area contributed by atoms with Crippen molar-refractivity contribution < 1.29 is 28.5 Å². The van der Waals surface area contributed by atoms with Gasteiger partial charge in [0, 0.05) is 6.08 Å². The number of benzene rings is 2. The standard InChI is InChI=1S/C23H25NO6/c1-23(2,3)16-7-9-18(27-4)17(12-16)24-21(25)13-28-22(26)10-6-15-5-8-19-20(11-15)30-14-29-19/h5-12H,13-14H2,1-4H3,(H,24,25)/b10-6+. The number of hydrogen-bond acceptors (Lipinski definition) is 6. The molecule has 1 heterocycles. The van der Waals surface area contributed by atoms with Crippen LogP contribution in [-0.2, 0) is 19.7 Å². The van der Waals surface area contributed by atoms with Gasteiger partial charge in [-0.2, -0.15) is 0 Å². The van der Waals surface area contributed by atoms with Crippen LogP contribution in [-0.4, -0.2) is 32.4 Å². The van der Waals surface area contributed by atoms with Gasteiger partial charge in [-0.3, -0.25) is 4.79 Å². The van der Waals surface area contributed by atoms with E-state index in [9.17, 15) is 9.59 Å². The molecule has 0 saturated heterocycles. The lowest BCUT2D eigenvalue weighted by molar-refractivity contribution is -0.142. The van der Waals surface area contributed by atoms with Crippen molar-refractivity contribution in [2.75, 3.05) is 25.8 Å². The second-order valence-corrected chi connectivity index (χ2v) is 7.77. The van der Waals surface area contributed by atoms with Gasteiger partial charge in [0.05, 0.1) is 12.8 Å². The number of carbonyl (C=O) groups is 2. The Morgan fingerprint density at radius 1 is 1.10 bits per heavy atom. The van der Waals surface area contributed by atoms with E-state index in [4.69, 9.17) is 18.9 Å². The molecule has 1 N–H and O–H groups in total. The summed E-state index contributed by atoms with van der Waals surface area (Å²) in [6.45, 7) is 6.01. The number of methoxy groups -OCH3 is 1. The highest BCUT2D eigenvalue weighted by atomic mass is 16.7. The van der Waals surface area contributed by atoms with E-state index in [0.717, 1.165) is 11.1 Å². The predicted molar refractivity (Wildman–Crippen MR) is 113 cm³/mol. The number of carbonyl (C=O) groups excluding carboxylic acids is 2. The predicted octanol–water partition coefficient (Wildman–Crippen LogP) is 3.92. The topological polar surface area (TPSA) is 83.1 Å². The number of hydrogen-bond donors (Lipinski definition) is 1. The Balaban J connectivity index is 1.56. The SMILES string of the molecule is COc1ccc(C(C)(C)C)cc1NC(=O)COC(=O)/C=C/c1ccc2c(c1)OCO2. The third kappa shape index (κ3) is 5.31. The molecule has 0 radical (unpaired) electrons. The molecule has 0 saturated carbocycles. The summed E-state index contributed by atoms with van der Waals surface area (Å²) < 4.78 is 20.9. The van der Waals surface area contributed by atoms with E-state index in [1.807, 2.05) is 12.1 Å². The van der Waals surface area contributed by atoms with Crippen molar-refractivity contribution in [3.8, 4) is 17.2 Å². The third-order valence-electron chi connectivity index (χ3n) is 4.49. The van der Waals surface area contributed by atoms with Crippen LogP contribution in [0, 0.1) is 0 Å². The molecule has 158 valence electrons. The van der Waals surface area contributed by atoms with Gasteiger partial charge in [0.25, 0.3) is 5.91 Å². The first-order chi connectivity index (χ1) is 14.3. The van der Waals surface area contributed by atoms with Crippen molar-refractivity contribution in [2.45, 2.75) is 26.2 Å². The maximum atomic E-state index is 12.2. The van der Waals surface area contributed by atoms with E-state index in [0.29, 0.717) is 22.9 Å². The molecule has 2 aromatic carbocycles. The summed E-state index contributed by atoms with van der Waals surface area (Å²) >= 11 is 0. The monoisotopic (exact) mass is 411 g/mol. The molecule has 0 spiro atoms. The quantitative estimate of drug-likeness (QED) is 0.573. The van der Waals surface area contributed by atoms with Gasteiger partial charge in [0.2, 0.25) is 6.79 Å². The molecule has 1 amide bonds. The minimum atomic E-state index is -0.627. The fourth-order valence-corrected chi connectivity index (χ4v) is 2.82. The number of nitrogens with one attached hydrogen (secondary N) is 1. The van der Waals surface area contributed by atoms with Crippen molar-refractivity contribution in [3.63, 3.8) is 0 Å². The van der Waals surface area contributed by atoms with Crippen LogP contribution < -0.4 is 19.5 Å². The van der Waals surface area contributed by atoms with E-state index in [-0.39, 0.29) is 12.2 Å². The van der Waals surface area contributed by atoms with Crippen LogP contribution in [0.5, 0.6) is 17.2 Å². The lowest BCUT2D eigenvalue weighted by atomic mass is 9.87. The average molecular weight is 411 g/mol. The van der Waals surface area contributed by atoms with Gasteiger partial charge in [0.1, 0.15) is 5.75 Å². The van der Waals surface area contributed by atoms with Crippen molar-refractivity contribution in [2.24, 2.45) is 0 Å². The summed E-state index contributed by atoms with van der Waals surface area (Å²) in [5.74, 6) is 0.737. The second kappa shape index (κ2) is 8.90. The van der Waals surface area contributed by atoms with Crippen molar-refractivity contribution in [1.82, 2.24) is 0 Å². The molecule has 7 heteroatoms. The maximum absolute atomic E-state index is 12.2. The Bertz CT molecular complexity index is 974. The molecule has 30 heavy (non-hydrogen) atoms. The molecular weight excluding hydrogens is 386 g/mol. The zero-order valence-corrected chi connectivity index (χ0v) is 17.5. The second-order valence-electron chi connectivity index (χ2n) is 7.77. The number of ether oxygens (including phenoxy) is 4. The Labute approximate surface area is 175 Å². The Kier molecular flexibility index (Phi) is 6.30. The van der Waals surface area contributed by atoms with Crippen molar-refractivity contribution in [1.29, 1.82) is 0 Å². The molecule has 0 aliphatic carbocycles. The Hall–Kier alpha value is -3.48. The fourth-order valence-electron chi connectivity index (χ4n) is 2.82. The number of anilines is 1. The summed E-state index contributed by atoms with van der Waals surface area (Å²) in [7, 11) is 1.53. The van der Waals surface area contributed by atoms with Gasteiger partial charge >= 0.3 is 5.97 Å². The highest BCUT2D eigenvalue weighted by Gasteiger charge is 2.17. The molecule has 0 unspecified atom stereocenters. The van der Waals surface area contributed by atoms with Crippen molar-refractivity contribution >= 4 is 23.6 Å². The summed E-state index contributed by atoms with van der Waals surface area (Å²) in [6, 6.07) is 10.9. The first-order valence-electron chi connectivity index (χ1n) is 9.49. The van der Waals surface area contributed by atoms with Gasteiger partial charge in [-0.25, -0.2) is 4.79 Å². The van der Waals surface area contributed by atoms with Crippen LogP contribution in [0.15, 0.2) is 42.5 Å². The third-order valence-corrected chi connectivity index (χ3v) is 4.49. The van der Waals surface area contributed by atoms with Gasteiger partial charge in [-0.15, -0.1) is 0 Å². The largest absolute Gasteiger partial charge is 0.495 e. The smallest absolute Gasteiger partial charge is 0.331 e. The molecule has 0 bridgehead atoms. The van der Waals surface area contributed by atoms with Crippen molar-refractivity contribution in [3.05, 3.63) is 53.6 Å². The van der Waals surface area contributed by atoms with Gasteiger partial charge < -0.3 is 24.3 Å². The summed E-state index contributed by atoms with van der Waals surface area (Å²) in [4.78, 5) is 24.2. The Morgan fingerprint density at radius 2 is 1.87 bits per heavy atom. The molecule has 0 aromatic heterocycles. The van der Waals surface area contributed by atoms with E-state index in [2.05, 4.69) is 26.1 Å². The summed E-state index contributed by atoms with van der Waals surface area (Å²) in [5, 5.41) is 2.74. The average Bonchev–Trinajstić information content (AvgIpc) is 3.18. The highest BCUT2D eigenvalue weighted by molar-refractivity contribution is 5.95. The molecule has 2 aromatic rings. The molecule has 1 aliphatic rings. The summed E-state index contributed by atoms with van der Waals surface area (Å²) in [5.41, 5.74) is 2.24. The summed E-state index contributed by atoms with van der Waals surface area (Å²) in [6.07, 6.45) is 2.84. The van der Waals surface area contributed by atoms with Crippen LogP contribution in [0.1, 0.15) is 31.9 Å². The lowest BCUT2D eigenvalue weighted by Gasteiger charge is -2.21. The van der Waals surface area contributed by atoms with Gasteiger partial charge in [-0.05, 0) is 46.9 Å². The molecule has 1 aliphatic heterocycles. The van der Waals surface area contributed by atoms with Crippen LogP contribution in [0.2, 0.25) is 0 Å². The lowest BCUT2D eigenvalue weighted by Crippen LogP contribution is -2.21. The van der Waals surface area contributed by atoms with E-state index >= 15 is 0 Å². The molecule has 7 nitrogen and oxygen atoms in total. The van der Waals surface area contributed by atoms with Crippen LogP contribution in [0.4, 0.5) is 5.69 Å². The zero-order valence-electron chi connectivity index (χ0n) is 17.5. The van der Waals surface area contributed by atoms with Crippen LogP contribution in [0.3, 0.4) is 0 Å².